The first-order valence-corrected chi connectivity index (χ1v) is 19.6. The summed E-state index contributed by atoms with van der Waals surface area (Å²) in [4.78, 5) is 14.9. The van der Waals surface area contributed by atoms with Crippen LogP contribution in [0.25, 0.3) is 104 Å². The van der Waals surface area contributed by atoms with Crippen LogP contribution in [0.2, 0.25) is 0 Å². The van der Waals surface area contributed by atoms with Gasteiger partial charge in [-0.2, -0.15) is 0 Å². The number of benzene rings is 8. The highest BCUT2D eigenvalue weighted by atomic mass is 32.1. The van der Waals surface area contributed by atoms with Gasteiger partial charge in [-0.05, 0) is 76.9 Å². The fraction of sp³-hybridized carbons (Fsp3) is 0. The Kier molecular flexibility index (Phi) is 7.64. The average molecular weight is 733 g/mol. The van der Waals surface area contributed by atoms with E-state index in [4.69, 9.17) is 15.0 Å². The topological polar surface area (TPSA) is 43.6 Å². The van der Waals surface area contributed by atoms with Crippen molar-refractivity contribution in [3.05, 3.63) is 194 Å². The molecule has 11 rings (SSSR count). The molecule has 0 radical (unpaired) electrons. The Morgan fingerprint density at radius 2 is 0.893 bits per heavy atom. The average Bonchev–Trinajstić information content (AvgIpc) is 3.82. The molecule has 11 aromatic rings. The Balaban J connectivity index is 0.999. The molecule has 3 aromatic heterocycles. The zero-order valence-corrected chi connectivity index (χ0v) is 31.0. The van der Waals surface area contributed by atoms with Crippen molar-refractivity contribution >= 4 is 53.3 Å². The van der Waals surface area contributed by atoms with Crippen molar-refractivity contribution in [2.24, 2.45) is 0 Å². The molecule has 0 fully saturated rings. The van der Waals surface area contributed by atoms with Gasteiger partial charge in [0.05, 0.1) is 11.0 Å². The Morgan fingerprint density at radius 3 is 1.61 bits per heavy atom. The van der Waals surface area contributed by atoms with Crippen LogP contribution in [-0.4, -0.2) is 19.5 Å². The molecule has 0 N–H and O–H groups in total. The van der Waals surface area contributed by atoms with Gasteiger partial charge in [0.25, 0.3) is 0 Å². The lowest BCUT2D eigenvalue weighted by atomic mass is 9.96. The molecule has 0 atom stereocenters. The maximum atomic E-state index is 5.02. The number of nitrogens with zero attached hydrogens (tertiary/aromatic N) is 4. The largest absolute Gasteiger partial charge is 0.309 e. The molecule has 0 aliphatic carbocycles. The second-order valence-corrected chi connectivity index (χ2v) is 15.1. The van der Waals surface area contributed by atoms with Crippen LogP contribution in [0.15, 0.2) is 194 Å². The van der Waals surface area contributed by atoms with Crippen LogP contribution < -0.4 is 0 Å². The highest BCUT2D eigenvalue weighted by molar-refractivity contribution is 7.26. The number of hydrogen-bond donors (Lipinski definition) is 0. The maximum absolute atomic E-state index is 5.02. The molecule has 0 saturated heterocycles. The normalized spacial score (nSPS) is 11.6. The minimum atomic E-state index is 0.657. The highest BCUT2D eigenvalue weighted by Gasteiger charge is 2.17. The number of thiophene rings is 1. The first kappa shape index (κ1) is 32.2. The van der Waals surface area contributed by atoms with Crippen molar-refractivity contribution in [3.63, 3.8) is 0 Å². The summed E-state index contributed by atoms with van der Waals surface area (Å²) < 4.78 is 4.85. The van der Waals surface area contributed by atoms with Gasteiger partial charge >= 0.3 is 0 Å². The Morgan fingerprint density at radius 1 is 0.339 bits per heavy atom. The van der Waals surface area contributed by atoms with E-state index in [-0.39, 0.29) is 0 Å². The van der Waals surface area contributed by atoms with E-state index in [0.717, 1.165) is 16.7 Å². The zero-order chi connectivity index (χ0) is 37.0. The standard InChI is InChI=1S/C51H32N4S/c1-4-13-35(14-5-1)49-52-50(36-15-6-2-7-16-36)54-51(53-49)38-28-30-46-43(32-38)48-40(20-12-22-47(48)56-46)34-25-23-33(24-26-34)37-27-29-45-42(31-37)41-19-10-11-21-44(41)55(45)39-17-8-3-9-18-39/h1-32H. The molecule has 0 amide bonds. The minimum absolute atomic E-state index is 0.657. The fourth-order valence-corrected chi connectivity index (χ4v) is 9.11. The molecule has 8 aromatic carbocycles. The van der Waals surface area contributed by atoms with Gasteiger partial charge in [-0.1, -0.05) is 140 Å². The zero-order valence-electron chi connectivity index (χ0n) is 30.2. The molecule has 0 aliphatic heterocycles. The first-order chi connectivity index (χ1) is 27.7. The predicted molar refractivity (Wildman–Crippen MR) is 234 cm³/mol. The second-order valence-electron chi connectivity index (χ2n) is 14.0. The Bertz CT molecular complexity index is 3160. The van der Waals surface area contributed by atoms with E-state index >= 15 is 0 Å². The van der Waals surface area contributed by atoms with E-state index in [1.54, 1.807) is 0 Å². The van der Waals surface area contributed by atoms with Gasteiger partial charge in [-0.25, -0.2) is 15.0 Å². The van der Waals surface area contributed by atoms with E-state index in [0.29, 0.717) is 17.5 Å². The summed E-state index contributed by atoms with van der Waals surface area (Å²) in [6.45, 7) is 0. The number of para-hydroxylation sites is 2. The molecule has 3 heterocycles. The summed E-state index contributed by atoms with van der Waals surface area (Å²) in [5.74, 6) is 1.97. The third-order valence-corrected chi connectivity index (χ3v) is 11.8. The van der Waals surface area contributed by atoms with Crippen molar-refractivity contribution in [2.75, 3.05) is 0 Å². The van der Waals surface area contributed by atoms with Gasteiger partial charge in [-0.15, -0.1) is 11.3 Å². The number of aromatic nitrogens is 4. The molecule has 0 spiro atoms. The molecular weight excluding hydrogens is 701 g/mol. The van der Waals surface area contributed by atoms with Gasteiger partial charge in [-0.3, -0.25) is 0 Å². The molecule has 4 nitrogen and oxygen atoms in total. The fourth-order valence-electron chi connectivity index (χ4n) is 7.99. The monoisotopic (exact) mass is 732 g/mol. The quantitative estimate of drug-likeness (QED) is 0.171. The molecule has 0 saturated carbocycles. The third kappa shape index (κ3) is 5.48. The smallest absolute Gasteiger partial charge is 0.164 e. The molecule has 56 heavy (non-hydrogen) atoms. The highest BCUT2D eigenvalue weighted by Crippen LogP contribution is 2.42. The van der Waals surface area contributed by atoms with Crippen LogP contribution in [0.4, 0.5) is 0 Å². The van der Waals surface area contributed by atoms with Crippen molar-refractivity contribution in [1.29, 1.82) is 0 Å². The Labute approximate surface area is 327 Å². The lowest BCUT2D eigenvalue weighted by Crippen LogP contribution is -2.00. The third-order valence-electron chi connectivity index (χ3n) is 10.7. The van der Waals surface area contributed by atoms with Gasteiger partial charge < -0.3 is 4.57 Å². The molecule has 262 valence electrons. The maximum Gasteiger partial charge on any atom is 0.164 e. The van der Waals surface area contributed by atoms with Crippen LogP contribution in [0.3, 0.4) is 0 Å². The van der Waals surface area contributed by atoms with E-state index in [9.17, 15) is 0 Å². The molecule has 0 bridgehead atoms. The SMILES string of the molecule is c1ccc(-c2nc(-c3ccccc3)nc(-c3ccc4sc5cccc(-c6ccc(-c7ccc8c(c7)c7ccccc7n8-c7ccccc7)cc6)c5c4c3)n2)cc1. The van der Waals surface area contributed by atoms with Crippen LogP contribution >= 0.6 is 11.3 Å². The summed E-state index contributed by atoms with van der Waals surface area (Å²) in [6, 6.07) is 68.7. The first-order valence-electron chi connectivity index (χ1n) is 18.8. The van der Waals surface area contributed by atoms with E-state index < -0.39 is 0 Å². The minimum Gasteiger partial charge on any atom is -0.309 e. The van der Waals surface area contributed by atoms with Gasteiger partial charge in [0, 0.05) is 53.3 Å². The van der Waals surface area contributed by atoms with Crippen molar-refractivity contribution in [3.8, 4) is 62.1 Å². The number of hydrogen-bond acceptors (Lipinski definition) is 4. The molecule has 0 aliphatic rings. The van der Waals surface area contributed by atoms with Crippen molar-refractivity contribution in [2.45, 2.75) is 0 Å². The molecule has 0 unspecified atom stereocenters. The van der Waals surface area contributed by atoms with E-state index in [2.05, 4.69) is 138 Å². The number of rotatable bonds is 6. The molecule has 5 heteroatoms. The lowest BCUT2D eigenvalue weighted by Gasteiger charge is -2.10. The van der Waals surface area contributed by atoms with Gasteiger partial charge in [0.15, 0.2) is 17.5 Å². The van der Waals surface area contributed by atoms with Gasteiger partial charge in [0.2, 0.25) is 0 Å². The van der Waals surface area contributed by atoms with Crippen LogP contribution in [0.1, 0.15) is 0 Å². The van der Waals surface area contributed by atoms with Crippen molar-refractivity contribution < 1.29 is 0 Å². The van der Waals surface area contributed by atoms with Crippen molar-refractivity contribution in [1.82, 2.24) is 19.5 Å². The summed E-state index contributed by atoms with van der Waals surface area (Å²) in [7, 11) is 0. The van der Waals surface area contributed by atoms with E-state index in [1.807, 2.05) is 72.0 Å². The molecular formula is C51H32N4S. The Hall–Kier alpha value is -7.21. The van der Waals surface area contributed by atoms with Crippen LogP contribution in [0, 0.1) is 0 Å². The summed E-state index contributed by atoms with van der Waals surface area (Å²) in [5, 5.41) is 4.95. The number of fused-ring (bicyclic) bond motifs is 6. The summed E-state index contributed by atoms with van der Waals surface area (Å²) in [5.41, 5.74) is 11.3. The van der Waals surface area contributed by atoms with Crippen LogP contribution in [0.5, 0.6) is 0 Å². The lowest BCUT2D eigenvalue weighted by molar-refractivity contribution is 1.07. The second kappa shape index (κ2) is 13.3. The van der Waals surface area contributed by atoms with E-state index in [1.165, 1.54) is 69.9 Å². The summed E-state index contributed by atoms with van der Waals surface area (Å²) >= 11 is 1.82. The van der Waals surface area contributed by atoms with Crippen LogP contribution in [-0.2, 0) is 0 Å². The summed E-state index contributed by atoms with van der Waals surface area (Å²) in [6.07, 6.45) is 0. The van der Waals surface area contributed by atoms with Gasteiger partial charge in [0.1, 0.15) is 0 Å². The predicted octanol–water partition coefficient (Wildman–Crippen LogP) is 13.7.